The molecule has 3 aliphatic heterocycles. The minimum absolute atomic E-state index is 0.0144. The van der Waals surface area contributed by atoms with E-state index in [2.05, 4.69) is 10.2 Å². The van der Waals surface area contributed by atoms with E-state index >= 15 is 0 Å². The molecule has 0 bridgehead atoms. The molecule has 0 aromatic heterocycles. The number of amides is 2. The quantitative estimate of drug-likeness (QED) is 0.817. The van der Waals surface area contributed by atoms with Crippen molar-refractivity contribution in [3.8, 4) is 5.75 Å². The molecular formula is C15H17N3O3. The highest BCUT2D eigenvalue weighted by Crippen LogP contribution is 2.42. The van der Waals surface area contributed by atoms with Crippen LogP contribution in [0.25, 0.3) is 0 Å². The van der Waals surface area contributed by atoms with Gasteiger partial charge in [0.15, 0.2) is 0 Å². The standard InChI is InChI=1S/C15H17N3O3/c19-13-5-4-10(16-13)15(20)18-7-6-17-8-9-21-12-3-1-2-11(18)14(12)17/h1-3,10H,4-9H2,(H,16,19). The van der Waals surface area contributed by atoms with Crippen molar-refractivity contribution < 1.29 is 14.3 Å². The van der Waals surface area contributed by atoms with Gasteiger partial charge in [0.1, 0.15) is 24.1 Å². The van der Waals surface area contributed by atoms with Gasteiger partial charge in [-0.3, -0.25) is 9.59 Å². The molecule has 1 atom stereocenters. The van der Waals surface area contributed by atoms with E-state index in [1.165, 1.54) is 0 Å². The normalized spacial score (nSPS) is 23.4. The number of ether oxygens (including phenoxy) is 1. The molecule has 4 rings (SSSR count). The summed E-state index contributed by atoms with van der Waals surface area (Å²) in [7, 11) is 0. The zero-order valence-corrected chi connectivity index (χ0v) is 11.7. The molecule has 1 saturated heterocycles. The van der Waals surface area contributed by atoms with Crippen LogP contribution in [-0.2, 0) is 9.59 Å². The molecule has 0 spiro atoms. The average molecular weight is 287 g/mol. The maximum atomic E-state index is 12.7. The molecule has 1 unspecified atom stereocenters. The van der Waals surface area contributed by atoms with E-state index in [9.17, 15) is 9.59 Å². The second kappa shape index (κ2) is 4.65. The highest BCUT2D eigenvalue weighted by molar-refractivity contribution is 6.04. The summed E-state index contributed by atoms with van der Waals surface area (Å²) in [4.78, 5) is 28.1. The van der Waals surface area contributed by atoms with Crippen LogP contribution in [0.15, 0.2) is 18.2 Å². The lowest BCUT2D eigenvalue weighted by Gasteiger charge is -2.41. The van der Waals surface area contributed by atoms with Crippen LogP contribution in [-0.4, -0.2) is 44.1 Å². The van der Waals surface area contributed by atoms with Gasteiger partial charge in [-0.1, -0.05) is 6.07 Å². The summed E-state index contributed by atoms with van der Waals surface area (Å²) in [5, 5.41) is 2.76. The van der Waals surface area contributed by atoms with E-state index in [0.717, 1.165) is 30.2 Å². The lowest BCUT2D eigenvalue weighted by atomic mass is 10.1. The van der Waals surface area contributed by atoms with Gasteiger partial charge in [-0.2, -0.15) is 0 Å². The van der Waals surface area contributed by atoms with Crippen LogP contribution >= 0.6 is 0 Å². The van der Waals surface area contributed by atoms with Gasteiger partial charge in [0.2, 0.25) is 11.8 Å². The van der Waals surface area contributed by atoms with Gasteiger partial charge >= 0.3 is 0 Å². The monoisotopic (exact) mass is 287 g/mol. The van der Waals surface area contributed by atoms with Gasteiger partial charge < -0.3 is 19.9 Å². The summed E-state index contributed by atoms with van der Waals surface area (Å²) in [6.45, 7) is 3.00. The number of rotatable bonds is 1. The molecule has 3 heterocycles. The number of hydrogen-bond donors (Lipinski definition) is 1. The van der Waals surface area contributed by atoms with Gasteiger partial charge in [0.25, 0.3) is 0 Å². The van der Waals surface area contributed by atoms with Crippen LogP contribution in [0, 0.1) is 0 Å². The van der Waals surface area contributed by atoms with Crippen molar-refractivity contribution in [2.24, 2.45) is 0 Å². The van der Waals surface area contributed by atoms with Crippen molar-refractivity contribution in [2.45, 2.75) is 18.9 Å². The van der Waals surface area contributed by atoms with Gasteiger partial charge in [-0.15, -0.1) is 0 Å². The van der Waals surface area contributed by atoms with Gasteiger partial charge in [-0.25, -0.2) is 0 Å². The van der Waals surface area contributed by atoms with E-state index in [1.807, 2.05) is 18.2 Å². The third-order valence-electron chi connectivity index (χ3n) is 4.36. The largest absolute Gasteiger partial charge is 0.489 e. The van der Waals surface area contributed by atoms with Crippen molar-refractivity contribution in [1.29, 1.82) is 0 Å². The van der Waals surface area contributed by atoms with Crippen molar-refractivity contribution in [3.05, 3.63) is 18.2 Å². The van der Waals surface area contributed by atoms with Crippen LogP contribution in [0.2, 0.25) is 0 Å². The Balaban J connectivity index is 1.69. The number of anilines is 2. The summed E-state index contributed by atoms with van der Waals surface area (Å²) in [5.41, 5.74) is 1.90. The summed E-state index contributed by atoms with van der Waals surface area (Å²) in [6, 6.07) is 5.42. The topological polar surface area (TPSA) is 61.9 Å². The second-order valence-electron chi connectivity index (χ2n) is 5.61. The van der Waals surface area contributed by atoms with Crippen molar-refractivity contribution in [3.63, 3.8) is 0 Å². The molecule has 6 heteroatoms. The third kappa shape index (κ3) is 1.93. The Labute approximate surface area is 122 Å². The molecule has 21 heavy (non-hydrogen) atoms. The number of benzene rings is 1. The fourth-order valence-electron chi connectivity index (χ4n) is 3.32. The minimum Gasteiger partial charge on any atom is -0.489 e. The molecule has 110 valence electrons. The highest BCUT2D eigenvalue weighted by Gasteiger charge is 2.36. The molecule has 0 radical (unpaired) electrons. The Morgan fingerprint density at radius 2 is 2.19 bits per heavy atom. The van der Waals surface area contributed by atoms with Crippen molar-refractivity contribution in [2.75, 3.05) is 36.0 Å². The first-order valence-electron chi connectivity index (χ1n) is 7.35. The average Bonchev–Trinajstić information content (AvgIpc) is 2.94. The van der Waals surface area contributed by atoms with Crippen LogP contribution in [0.3, 0.4) is 0 Å². The van der Waals surface area contributed by atoms with E-state index < -0.39 is 0 Å². The molecular weight excluding hydrogens is 270 g/mol. The number of carbonyl (C=O) groups excluding carboxylic acids is 2. The first kappa shape index (κ1) is 12.5. The minimum atomic E-state index is -0.385. The van der Waals surface area contributed by atoms with Crippen LogP contribution < -0.4 is 19.9 Å². The van der Waals surface area contributed by atoms with Gasteiger partial charge in [-0.05, 0) is 18.6 Å². The third-order valence-corrected chi connectivity index (χ3v) is 4.36. The molecule has 1 aromatic carbocycles. The van der Waals surface area contributed by atoms with E-state index in [4.69, 9.17) is 4.74 Å². The highest BCUT2D eigenvalue weighted by atomic mass is 16.5. The predicted octanol–water partition coefficient (Wildman–Crippen LogP) is 0.511. The van der Waals surface area contributed by atoms with Crippen LogP contribution in [0.5, 0.6) is 5.75 Å². The predicted molar refractivity (Wildman–Crippen MR) is 77.7 cm³/mol. The van der Waals surface area contributed by atoms with E-state index in [0.29, 0.717) is 26.0 Å². The summed E-state index contributed by atoms with van der Waals surface area (Å²) in [6.07, 6.45) is 1.02. The molecule has 2 amide bonds. The first-order valence-corrected chi connectivity index (χ1v) is 7.35. The smallest absolute Gasteiger partial charge is 0.249 e. The molecule has 1 aromatic rings. The van der Waals surface area contributed by atoms with E-state index in [1.54, 1.807) is 4.90 Å². The van der Waals surface area contributed by atoms with Crippen LogP contribution in [0.4, 0.5) is 11.4 Å². The van der Waals surface area contributed by atoms with Crippen molar-refractivity contribution in [1.82, 2.24) is 5.32 Å². The first-order chi connectivity index (χ1) is 10.2. The fourth-order valence-corrected chi connectivity index (χ4v) is 3.32. The molecule has 1 fully saturated rings. The SMILES string of the molecule is O=C1CCC(C(=O)N2CCN3CCOc4cccc2c43)N1. The Kier molecular flexibility index (Phi) is 2.77. The number of para-hydroxylation sites is 1. The number of nitrogens with one attached hydrogen (secondary N) is 1. The Morgan fingerprint density at radius 3 is 3.00 bits per heavy atom. The molecule has 3 aliphatic rings. The molecule has 0 aliphatic carbocycles. The molecule has 6 nitrogen and oxygen atoms in total. The van der Waals surface area contributed by atoms with Crippen molar-refractivity contribution >= 4 is 23.2 Å². The van der Waals surface area contributed by atoms with Crippen LogP contribution in [0.1, 0.15) is 12.8 Å². The molecule has 1 N–H and O–H groups in total. The fraction of sp³-hybridized carbons (Fsp3) is 0.467. The zero-order valence-electron chi connectivity index (χ0n) is 11.7. The van der Waals surface area contributed by atoms with Gasteiger partial charge in [0, 0.05) is 19.5 Å². The van der Waals surface area contributed by atoms with Gasteiger partial charge in [0.05, 0.1) is 12.2 Å². The Morgan fingerprint density at radius 1 is 1.29 bits per heavy atom. The Hall–Kier alpha value is -2.24. The lowest BCUT2D eigenvalue weighted by molar-refractivity contribution is -0.124. The maximum Gasteiger partial charge on any atom is 0.249 e. The zero-order chi connectivity index (χ0) is 14.4. The maximum absolute atomic E-state index is 12.7. The Bertz CT molecular complexity index is 616. The number of nitrogens with zero attached hydrogens (tertiary/aromatic N) is 2. The number of carbonyl (C=O) groups is 2. The summed E-state index contributed by atoms with van der Waals surface area (Å²) in [5.74, 6) is 0.789. The molecule has 0 saturated carbocycles. The summed E-state index contributed by atoms with van der Waals surface area (Å²) >= 11 is 0. The second-order valence-corrected chi connectivity index (χ2v) is 5.61. The lowest BCUT2D eigenvalue weighted by Crippen LogP contribution is -2.51. The number of hydrogen-bond acceptors (Lipinski definition) is 4. The van der Waals surface area contributed by atoms with E-state index in [-0.39, 0.29) is 17.9 Å². The summed E-state index contributed by atoms with van der Waals surface area (Å²) < 4.78 is 5.69.